The van der Waals surface area contributed by atoms with Crippen LogP contribution in [0.25, 0.3) is 0 Å². The van der Waals surface area contributed by atoms with Gasteiger partial charge in [-0.1, -0.05) is 59.6 Å². The lowest BCUT2D eigenvalue weighted by molar-refractivity contribution is -0.115. The molecule has 0 spiro atoms. The van der Waals surface area contributed by atoms with Gasteiger partial charge in [0.2, 0.25) is 5.91 Å². The van der Waals surface area contributed by atoms with Gasteiger partial charge in [0.05, 0.1) is 22.6 Å². The number of hydrogen-bond acceptors (Lipinski definition) is 4. The van der Waals surface area contributed by atoms with Crippen molar-refractivity contribution in [3.8, 4) is 6.07 Å². The smallest absolute Gasteiger partial charge is 0.225 e. The highest BCUT2D eigenvalue weighted by Crippen LogP contribution is 2.34. The van der Waals surface area contributed by atoms with Crippen LogP contribution in [0.15, 0.2) is 71.6 Å². The molecular formula is C24H20Cl2N2O3S. The Morgan fingerprint density at radius 3 is 2.34 bits per heavy atom. The molecule has 0 aliphatic carbocycles. The summed E-state index contributed by atoms with van der Waals surface area (Å²) in [6.45, 7) is 1.78. The van der Waals surface area contributed by atoms with E-state index in [-0.39, 0.29) is 17.1 Å². The molecule has 0 aliphatic heterocycles. The maximum atomic E-state index is 12.4. The Morgan fingerprint density at radius 2 is 1.72 bits per heavy atom. The molecule has 0 fully saturated rings. The highest BCUT2D eigenvalue weighted by atomic mass is 35.5. The molecule has 0 aliphatic rings. The number of benzene rings is 3. The van der Waals surface area contributed by atoms with Crippen LogP contribution in [0.4, 0.5) is 5.69 Å². The molecule has 1 unspecified atom stereocenters. The van der Waals surface area contributed by atoms with Gasteiger partial charge in [-0.15, -0.1) is 0 Å². The normalized spacial score (nSPS) is 12.1. The standard InChI is InChI=1S/C24H20Cl2N2O3S/c1-16-13-20(21(15-27)17-7-9-18(25)10-8-17)22(26)14-23(16)28-24(29)11-12-32(30,31)19-5-3-2-4-6-19/h2-10,13-14,21H,11-12H2,1H3,(H,28,29). The van der Waals surface area contributed by atoms with E-state index in [2.05, 4.69) is 11.4 Å². The van der Waals surface area contributed by atoms with Crippen molar-refractivity contribution in [2.75, 3.05) is 11.1 Å². The Bertz CT molecular complexity index is 1270. The quantitative estimate of drug-likeness (QED) is 0.459. The summed E-state index contributed by atoms with van der Waals surface area (Å²) < 4.78 is 24.8. The Morgan fingerprint density at radius 1 is 1.06 bits per heavy atom. The van der Waals surface area contributed by atoms with E-state index in [4.69, 9.17) is 23.2 Å². The first kappa shape index (κ1) is 23.8. The van der Waals surface area contributed by atoms with Gasteiger partial charge in [-0.2, -0.15) is 5.26 Å². The fourth-order valence-corrected chi connectivity index (χ4v) is 4.88. The van der Waals surface area contributed by atoms with E-state index in [1.54, 1.807) is 61.5 Å². The van der Waals surface area contributed by atoms with Gasteiger partial charge in [0.25, 0.3) is 0 Å². The number of carbonyl (C=O) groups is 1. The number of sulfone groups is 1. The number of amides is 1. The van der Waals surface area contributed by atoms with Gasteiger partial charge in [0, 0.05) is 22.2 Å². The van der Waals surface area contributed by atoms with E-state index in [0.29, 0.717) is 26.9 Å². The molecule has 1 amide bonds. The predicted molar refractivity (Wildman–Crippen MR) is 127 cm³/mol. The Hall–Kier alpha value is -2.85. The lowest BCUT2D eigenvalue weighted by atomic mass is 9.91. The number of nitrogens with zero attached hydrogens (tertiary/aromatic N) is 1. The topological polar surface area (TPSA) is 87.0 Å². The number of carbonyl (C=O) groups excluding carboxylic acids is 1. The van der Waals surface area contributed by atoms with Crippen molar-refractivity contribution in [2.24, 2.45) is 0 Å². The maximum Gasteiger partial charge on any atom is 0.225 e. The highest BCUT2D eigenvalue weighted by Gasteiger charge is 2.20. The molecule has 0 heterocycles. The first-order chi connectivity index (χ1) is 15.2. The zero-order chi connectivity index (χ0) is 23.3. The molecule has 8 heteroatoms. The summed E-state index contributed by atoms with van der Waals surface area (Å²) >= 11 is 12.4. The van der Waals surface area contributed by atoms with Crippen molar-refractivity contribution >= 4 is 44.6 Å². The van der Waals surface area contributed by atoms with Crippen LogP contribution in [0, 0.1) is 18.3 Å². The third kappa shape index (κ3) is 5.68. The molecule has 32 heavy (non-hydrogen) atoms. The molecule has 3 rings (SSSR count). The van der Waals surface area contributed by atoms with Crippen LogP contribution in [-0.4, -0.2) is 20.1 Å². The van der Waals surface area contributed by atoms with Crippen molar-refractivity contribution in [1.82, 2.24) is 0 Å². The van der Waals surface area contributed by atoms with Crippen molar-refractivity contribution in [1.29, 1.82) is 5.26 Å². The first-order valence-corrected chi connectivity index (χ1v) is 12.1. The summed E-state index contributed by atoms with van der Waals surface area (Å²) in [6, 6.07) is 20.5. The molecule has 3 aromatic rings. The first-order valence-electron chi connectivity index (χ1n) is 9.74. The van der Waals surface area contributed by atoms with Gasteiger partial charge in [-0.05, 0) is 53.9 Å². The van der Waals surface area contributed by atoms with E-state index in [9.17, 15) is 18.5 Å². The van der Waals surface area contributed by atoms with E-state index < -0.39 is 21.7 Å². The largest absolute Gasteiger partial charge is 0.326 e. The summed E-state index contributed by atoms with van der Waals surface area (Å²) in [6.07, 6.45) is -0.193. The lowest BCUT2D eigenvalue weighted by Gasteiger charge is -2.16. The van der Waals surface area contributed by atoms with Crippen LogP contribution < -0.4 is 5.32 Å². The number of rotatable bonds is 7. The zero-order valence-electron chi connectivity index (χ0n) is 17.2. The average Bonchev–Trinajstić information content (AvgIpc) is 2.78. The summed E-state index contributed by atoms with van der Waals surface area (Å²) in [5, 5.41) is 13.3. The summed E-state index contributed by atoms with van der Waals surface area (Å²) in [7, 11) is -3.55. The number of aryl methyl sites for hydroxylation is 1. The van der Waals surface area contributed by atoms with Crippen LogP contribution in [0.3, 0.4) is 0 Å². The van der Waals surface area contributed by atoms with Crippen LogP contribution in [0.1, 0.15) is 29.0 Å². The van der Waals surface area contributed by atoms with Gasteiger partial charge in [0.15, 0.2) is 9.84 Å². The minimum atomic E-state index is -3.55. The molecule has 1 atom stereocenters. The molecule has 5 nitrogen and oxygen atoms in total. The van der Waals surface area contributed by atoms with Crippen molar-refractivity contribution in [3.63, 3.8) is 0 Å². The monoisotopic (exact) mass is 486 g/mol. The van der Waals surface area contributed by atoms with Gasteiger partial charge in [-0.25, -0.2) is 8.42 Å². The van der Waals surface area contributed by atoms with Crippen molar-refractivity contribution < 1.29 is 13.2 Å². The molecule has 0 saturated heterocycles. The number of halogens is 2. The molecule has 0 radical (unpaired) electrons. The Kier molecular flexibility index (Phi) is 7.57. The summed E-state index contributed by atoms with van der Waals surface area (Å²) in [5.74, 6) is -1.34. The second-order valence-corrected chi connectivity index (χ2v) is 10.2. The molecule has 0 aromatic heterocycles. The number of anilines is 1. The van der Waals surface area contributed by atoms with E-state index in [0.717, 1.165) is 5.56 Å². The van der Waals surface area contributed by atoms with Gasteiger partial charge in [-0.3, -0.25) is 4.79 Å². The van der Waals surface area contributed by atoms with E-state index in [1.807, 2.05) is 0 Å². The SMILES string of the molecule is Cc1cc(C(C#N)c2ccc(Cl)cc2)c(Cl)cc1NC(=O)CCS(=O)(=O)c1ccccc1. The average molecular weight is 487 g/mol. The summed E-state index contributed by atoms with van der Waals surface area (Å²) in [4.78, 5) is 12.6. The number of hydrogen-bond donors (Lipinski definition) is 1. The number of nitrogens with one attached hydrogen (secondary N) is 1. The van der Waals surface area contributed by atoms with Crippen LogP contribution in [0.5, 0.6) is 0 Å². The minimum Gasteiger partial charge on any atom is -0.326 e. The fraction of sp³-hybridized carbons (Fsp3) is 0.167. The Balaban J connectivity index is 1.74. The molecular weight excluding hydrogens is 467 g/mol. The summed E-state index contributed by atoms with van der Waals surface area (Å²) in [5.41, 5.74) is 2.53. The maximum absolute atomic E-state index is 12.4. The van der Waals surface area contributed by atoms with Crippen LogP contribution >= 0.6 is 23.2 Å². The zero-order valence-corrected chi connectivity index (χ0v) is 19.5. The van der Waals surface area contributed by atoms with Gasteiger partial charge in [0.1, 0.15) is 0 Å². The fourth-order valence-electron chi connectivity index (χ4n) is 3.22. The molecule has 1 N–H and O–H groups in total. The molecule has 3 aromatic carbocycles. The molecule has 0 bridgehead atoms. The molecule has 164 valence electrons. The van der Waals surface area contributed by atoms with E-state index >= 15 is 0 Å². The van der Waals surface area contributed by atoms with E-state index in [1.165, 1.54) is 12.1 Å². The third-order valence-corrected chi connectivity index (χ3v) is 7.27. The van der Waals surface area contributed by atoms with Gasteiger partial charge >= 0.3 is 0 Å². The molecule has 0 saturated carbocycles. The Labute approximate surface area is 197 Å². The second-order valence-electron chi connectivity index (χ2n) is 7.23. The number of nitriles is 1. The van der Waals surface area contributed by atoms with Crippen LogP contribution in [-0.2, 0) is 14.6 Å². The van der Waals surface area contributed by atoms with Crippen molar-refractivity contribution in [3.05, 3.63) is 93.5 Å². The second kappa shape index (κ2) is 10.2. The minimum absolute atomic E-state index is 0.182. The van der Waals surface area contributed by atoms with Gasteiger partial charge < -0.3 is 5.32 Å². The van der Waals surface area contributed by atoms with Crippen molar-refractivity contribution in [2.45, 2.75) is 24.2 Å². The van der Waals surface area contributed by atoms with Crippen LogP contribution in [0.2, 0.25) is 10.0 Å². The predicted octanol–water partition coefficient (Wildman–Crippen LogP) is 5.76. The third-order valence-electron chi connectivity index (χ3n) is 4.96. The lowest BCUT2D eigenvalue weighted by Crippen LogP contribution is -2.18. The highest BCUT2D eigenvalue weighted by molar-refractivity contribution is 7.91.